The average Bonchev–Trinajstić information content (AvgIpc) is 2.88. The lowest BCUT2D eigenvalue weighted by atomic mass is 9.89. The highest BCUT2D eigenvalue weighted by Crippen LogP contribution is 2.48. The van der Waals surface area contributed by atoms with Gasteiger partial charge in [0, 0.05) is 6.54 Å². The number of aromatic nitrogens is 2. The van der Waals surface area contributed by atoms with Gasteiger partial charge in [0.2, 0.25) is 0 Å². The Bertz CT molecular complexity index is 377. The topological polar surface area (TPSA) is 37.8 Å². The van der Waals surface area contributed by atoms with Gasteiger partial charge in [-0.25, -0.2) is 0 Å². The maximum absolute atomic E-state index is 4.10. The van der Waals surface area contributed by atoms with Crippen LogP contribution < -0.4 is 5.32 Å². The molecule has 2 saturated carbocycles. The molecule has 2 bridgehead atoms. The van der Waals surface area contributed by atoms with Crippen molar-refractivity contribution in [2.24, 2.45) is 17.8 Å². The van der Waals surface area contributed by atoms with Crippen LogP contribution in [0.3, 0.4) is 0 Å². The Kier molecular flexibility index (Phi) is 2.54. The zero-order valence-electron chi connectivity index (χ0n) is 9.82. The van der Waals surface area contributed by atoms with Crippen molar-refractivity contribution in [2.75, 3.05) is 11.9 Å². The molecular formula is C13H19N3. The second-order valence-electron chi connectivity index (χ2n) is 5.43. The summed E-state index contributed by atoms with van der Waals surface area (Å²) in [6, 6.07) is 2.07. The molecular weight excluding hydrogens is 198 g/mol. The summed E-state index contributed by atoms with van der Waals surface area (Å²) in [5.41, 5.74) is 1.17. The number of anilines is 1. The minimum absolute atomic E-state index is 0.876. The molecule has 0 aromatic carbocycles. The molecule has 1 N–H and O–H groups in total. The third kappa shape index (κ3) is 1.91. The van der Waals surface area contributed by atoms with Crippen LogP contribution in [-0.2, 0) is 0 Å². The maximum atomic E-state index is 4.10. The van der Waals surface area contributed by atoms with Gasteiger partial charge in [-0.2, -0.15) is 5.10 Å². The largest absolute Gasteiger partial charge is 0.368 e. The minimum Gasteiger partial charge on any atom is -0.368 e. The van der Waals surface area contributed by atoms with Crippen LogP contribution in [0.1, 0.15) is 31.2 Å². The Morgan fingerprint density at radius 3 is 3.00 bits per heavy atom. The van der Waals surface area contributed by atoms with E-state index in [0.717, 1.165) is 30.1 Å². The Labute approximate surface area is 96.7 Å². The third-order valence-electron chi connectivity index (χ3n) is 4.22. The van der Waals surface area contributed by atoms with Gasteiger partial charge < -0.3 is 5.32 Å². The lowest BCUT2D eigenvalue weighted by Crippen LogP contribution is -2.20. The molecule has 3 atom stereocenters. The van der Waals surface area contributed by atoms with Gasteiger partial charge >= 0.3 is 0 Å². The van der Waals surface area contributed by atoms with Gasteiger partial charge in [-0.15, -0.1) is 5.10 Å². The summed E-state index contributed by atoms with van der Waals surface area (Å²) in [5.74, 6) is 3.82. The smallest absolute Gasteiger partial charge is 0.148 e. The normalized spacial score (nSPS) is 31.9. The molecule has 3 heteroatoms. The van der Waals surface area contributed by atoms with Crippen molar-refractivity contribution in [3.63, 3.8) is 0 Å². The van der Waals surface area contributed by atoms with Crippen molar-refractivity contribution < 1.29 is 0 Å². The van der Waals surface area contributed by atoms with Gasteiger partial charge in [0.1, 0.15) is 5.82 Å². The van der Waals surface area contributed by atoms with E-state index in [4.69, 9.17) is 0 Å². The highest BCUT2D eigenvalue weighted by molar-refractivity contribution is 5.35. The number of hydrogen-bond acceptors (Lipinski definition) is 3. The van der Waals surface area contributed by atoms with Crippen LogP contribution in [-0.4, -0.2) is 16.7 Å². The molecule has 2 aliphatic carbocycles. The van der Waals surface area contributed by atoms with Gasteiger partial charge in [0.15, 0.2) is 0 Å². The molecule has 3 unspecified atom stereocenters. The summed E-state index contributed by atoms with van der Waals surface area (Å²) in [7, 11) is 0. The molecule has 0 spiro atoms. The molecule has 0 amide bonds. The molecule has 86 valence electrons. The van der Waals surface area contributed by atoms with E-state index in [2.05, 4.69) is 28.5 Å². The van der Waals surface area contributed by atoms with E-state index in [9.17, 15) is 0 Å². The first-order valence-corrected chi connectivity index (χ1v) is 6.34. The molecule has 1 aromatic heterocycles. The first kappa shape index (κ1) is 10.1. The summed E-state index contributed by atoms with van der Waals surface area (Å²) < 4.78 is 0. The van der Waals surface area contributed by atoms with E-state index in [0.29, 0.717) is 0 Å². The molecule has 0 radical (unpaired) electrons. The van der Waals surface area contributed by atoms with E-state index in [-0.39, 0.29) is 0 Å². The van der Waals surface area contributed by atoms with Crippen molar-refractivity contribution in [1.29, 1.82) is 0 Å². The van der Waals surface area contributed by atoms with Crippen LogP contribution in [0.2, 0.25) is 0 Å². The van der Waals surface area contributed by atoms with Crippen LogP contribution in [0.4, 0.5) is 5.82 Å². The van der Waals surface area contributed by atoms with Gasteiger partial charge in [-0.1, -0.05) is 6.42 Å². The molecule has 16 heavy (non-hydrogen) atoms. The molecule has 0 saturated heterocycles. The second-order valence-corrected chi connectivity index (χ2v) is 5.43. The van der Waals surface area contributed by atoms with E-state index in [1.54, 1.807) is 6.20 Å². The molecule has 3 rings (SSSR count). The van der Waals surface area contributed by atoms with E-state index >= 15 is 0 Å². The van der Waals surface area contributed by atoms with Gasteiger partial charge in [-0.05, 0) is 55.6 Å². The minimum atomic E-state index is 0.876. The fourth-order valence-corrected chi connectivity index (χ4v) is 3.41. The lowest BCUT2D eigenvalue weighted by molar-refractivity contribution is 0.348. The highest BCUT2D eigenvalue weighted by Gasteiger charge is 2.39. The number of rotatable bonds is 3. The van der Waals surface area contributed by atoms with Crippen LogP contribution >= 0.6 is 0 Å². The molecule has 0 aliphatic heterocycles. The van der Waals surface area contributed by atoms with Crippen LogP contribution in [0, 0.1) is 24.7 Å². The predicted molar refractivity (Wildman–Crippen MR) is 64.2 cm³/mol. The zero-order valence-corrected chi connectivity index (χ0v) is 9.82. The quantitative estimate of drug-likeness (QED) is 0.845. The van der Waals surface area contributed by atoms with E-state index < -0.39 is 0 Å². The standard InChI is InChI=1S/C13H19N3/c1-9-4-13(16-15-7-9)14-8-12-6-10-2-3-11(12)5-10/h4,7,10-12H,2-3,5-6,8H2,1H3,(H,14,16). The van der Waals surface area contributed by atoms with Gasteiger partial charge in [0.05, 0.1) is 6.20 Å². The first-order chi connectivity index (χ1) is 7.81. The summed E-state index contributed by atoms with van der Waals surface area (Å²) in [4.78, 5) is 0. The molecule has 1 heterocycles. The van der Waals surface area contributed by atoms with Crippen molar-refractivity contribution in [1.82, 2.24) is 10.2 Å². The van der Waals surface area contributed by atoms with E-state index in [1.165, 1.54) is 31.2 Å². The monoisotopic (exact) mass is 217 g/mol. The average molecular weight is 217 g/mol. The number of aryl methyl sites for hydroxylation is 1. The van der Waals surface area contributed by atoms with Crippen molar-refractivity contribution in [3.8, 4) is 0 Å². The van der Waals surface area contributed by atoms with Crippen LogP contribution in [0.25, 0.3) is 0 Å². The van der Waals surface area contributed by atoms with Crippen molar-refractivity contribution >= 4 is 5.82 Å². The number of nitrogens with one attached hydrogen (secondary N) is 1. The Balaban J connectivity index is 1.57. The maximum Gasteiger partial charge on any atom is 0.148 e. The Hall–Kier alpha value is -1.12. The molecule has 1 aromatic rings. The number of fused-ring (bicyclic) bond motifs is 2. The van der Waals surface area contributed by atoms with Gasteiger partial charge in [-0.3, -0.25) is 0 Å². The molecule has 3 nitrogen and oxygen atoms in total. The SMILES string of the molecule is Cc1cnnc(NCC2CC3CCC2C3)c1. The van der Waals surface area contributed by atoms with Crippen molar-refractivity contribution in [2.45, 2.75) is 32.6 Å². The summed E-state index contributed by atoms with van der Waals surface area (Å²) in [6.07, 6.45) is 7.63. The number of nitrogens with zero attached hydrogens (tertiary/aromatic N) is 2. The van der Waals surface area contributed by atoms with E-state index in [1.807, 2.05) is 0 Å². The fourth-order valence-electron chi connectivity index (χ4n) is 3.41. The predicted octanol–water partition coefficient (Wildman–Crippen LogP) is 2.63. The van der Waals surface area contributed by atoms with Crippen LogP contribution in [0.15, 0.2) is 12.3 Å². The zero-order chi connectivity index (χ0) is 11.0. The third-order valence-corrected chi connectivity index (χ3v) is 4.22. The highest BCUT2D eigenvalue weighted by atomic mass is 15.2. The summed E-state index contributed by atoms with van der Waals surface area (Å²) in [5, 5.41) is 11.5. The first-order valence-electron chi connectivity index (χ1n) is 6.34. The van der Waals surface area contributed by atoms with Crippen LogP contribution in [0.5, 0.6) is 0 Å². The Morgan fingerprint density at radius 1 is 1.38 bits per heavy atom. The lowest BCUT2D eigenvalue weighted by Gasteiger charge is -2.21. The number of hydrogen-bond donors (Lipinski definition) is 1. The van der Waals surface area contributed by atoms with Gasteiger partial charge in [0.25, 0.3) is 0 Å². The summed E-state index contributed by atoms with van der Waals surface area (Å²) >= 11 is 0. The van der Waals surface area contributed by atoms with Crippen molar-refractivity contribution in [3.05, 3.63) is 17.8 Å². The molecule has 2 fully saturated rings. The fraction of sp³-hybridized carbons (Fsp3) is 0.692. The summed E-state index contributed by atoms with van der Waals surface area (Å²) in [6.45, 7) is 3.14. The second kappa shape index (κ2) is 4.04. The molecule has 2 aliphatic rings. The Morgan fingerprint density at radius 2 is 2.31 bits per heavy atom.